The van der Waals surface area contributed by atoms with Gasteiger partial charge in [-0.3, -0.25) is 4.79 Å². The van der Waals surface area contributed by atoms with Crippen LogP contribution in [0, 0.1) is 19.8 Å². The number of aryl methyl sites for hydroxylation is 2. The number of piperidine rings is 1. The lowest BCUT2D eigenvalue weighted by molar-refractivity contribution is -0.123. The fourth-order valence-corrected chi connectivity index (χ4v) is 3.77. The molecule has 150 valence electrons. The van der Waals surface area contributed by atoms with E-state index in [-0.39, 0.29) is 18.6 Å². The molecule has 3 rings (SSSR count). The first-order valence-electron chi connectivity index (χ1n) is 10.3. The number of rotatable bonds is 6. The fourth-order valence-electron chi connectivity index (χ4n) is 3.77. The summed E-state index contributed by atoms with van der Waals surface area (Å²) in [5.74, 6) is 1.41. The molecule has 0 saturated carbocycles. The van der Waals surface area contributed by atoms with Crippen molar-refractivity contribution >= 4 is 11.6 Å². The third kappa shape index (κ3) is 5.28. The van der Waals surface area contributed by atoms with Crippen LogP contribution in [-0.2, 0) is 4.79 Å². The van der Waals surface area contributed by atoms with Crippen molar-refractivity contribution in [1.29, 1.82) is 0 Å². The van der Waals surface area contributed by atoms with Gasteiger partial charge in [0, 0.05) is 18.8 Å². The van der Waals surface area contributed by atoms with Gasteiger partial charge in [-0.05, 0) is 74.4 Å². The number of amides is 1. The minimum absolute atomic E-state index is 0.0262. The van der Waals surface area contributed by atoms with Gasteiger partial charge < -0.3 is 15.0 Å². The lowest BCUT2D eigenvalue weighted by Crippen LogP contribution is -2.34. The van der Waals surface area contributed by atoms with Crippen LogP contribution < -0.4 is 15.0 Å². The Kier molecular flexibility index (Phi) is 6.61. The Morgan fingerprint density at radius 3 is 2.68 bits per heavy atom. The van der Waals surface area contributed by atoms with Crippen molar-refractivity contribution in [3.8, 4) is 5.75 Å². The first-order chi connectivity index (χ1) is 13.4. The molecular weight excluding hydrogens is 348 g/mol. The van der Waals surface area contributed by atoms with E-state index in [4.69, 9.17) is 4.74 Å². The van der Waals surface area contributed by atoms with E-state index in [1.165, 1.54) is 18.5 Å². The van der Waals surface area contributed by atoms with Crippen LogP contribution in [0.15, 0.2) is 42.5 Å². The second-order valence-electron chi connectivity index (χ2n) is 8.13. The maximum atomic E-state index is 12.3. The SMILES string of the molecule is Cc1ccc(C)c(OCC(=O)N[C@@H](C)c2ccc(N3CCC[C@@H](C)C3)cc2)c1. The first-order valence-corrected chi connectivity index (χ1v) is 10.3. The largest absolute Gasteiger partial charge is 0.483 e. The number of carbonyl (C=O) groups is 1. The van der Waals surface area contributed by atoms with E-state index in [2.05, 4.69) is 41.4 Å². The highest BCUT2D eigenvalue weighted by atomic mass is 16.5. The molecule has 1 saturated heterocycles. The number of benzene rings is 2. The number of nitrogens with zero attached hydrogens (tertiary/aromatic N) is 1. The normalized spacial score (nSPS) is 17.9. The standard InChI is InChI=1S/C24H32N2O2/c1-17-7-8-19(3)23(14-17)28-16-24(27)25-20(4)21-9-11-22(12-10-21)26-13-5-6-18(2)15-26/h7-12,14,18,20H,5-6,13,15-16H2,1-4H3,(H,25,27)/t18-,20+/m1/s1. The minimum atomic E-state index is -0.109. The monoisotopic (exact) mass is 380 g/mol. The van der Waals surface area contributed by atoms with Crippen LogP contribution in [0.1, 0.15) is 49.4 Å². The molecule has 1 aliphatic heterocycles. The van der Waals surface area contributed by atoms with Crippen LogP contribution in [0.4, 0.5) is 5.69 Å². The maximum Gasteiger partial charge on any atom is 0.258 e. The van der Waals surface area contributed by atoms with E-state index in [1.54, 1.807) is 0 Å². The molecule has 4 heteroatoms. The Hall–Kier alpha value is -2.49. The molecule has 1 heterocycles. The van der Waals surface area contributed by atoms with Crippen molar-refractivity contribution in [3.63, 3.8) is 0 Å². The summed E-state index contributed by atoms with van der Waals surface area (Å²) in [7, 11) is 0. The van der Waals surface area contributed by atoms with Crippen LogP contribution >= 0.6 is 0 Å². The van der Waals surface area contributed by atoms with Gasteiger partial charge >= 0.3 is 0 Å². The molecular formula is C24H32N2O2. The molecule has 28 heavy (non-hydrogen) atoms. The van der Waals surface area contributed by atoms with Gasteiger partial charge in [0.15, 0.2) is 6.61 Å². The molecule has 0 radical (unpaired) electrons. The lowest BCUT2D eigenvalue weighted by atomic mass is 9.99. The van der Waals surface area contributed by atoms with Gasteiger partial charge in [0.05, 0.1) is 6.04 Å². The highest BCUT2D eigenvalue weighted by Gasteiger charge is 2.17. The average molecular weight is 381 g/mol. The molecule has 0 aromatic heterocycles. The molecule has 1 aliphatic rings. The quantitative estimate of drug-likeness (QED) is 0.783. The van der Waals surface area contributed by atoms with Crippen LogP contribution in [0.3, 0.4) is 0 Å². The van der Waals surface area contributed by atoms with Crippen LogP contribution in [0.2, 0.25) is 0 Å². The van der Waals surface area contributed by atoms with Gasteiger partial charge in [-0.25, -0.2) is 0 Å². The highest BCUT2D eigenvalue weighted by molar-refractivity contribution is 5.78. The van der Waals surface area contributed by atoms with Gasteiger partial charge in [-0.1, -0.05) is 31.2 Å². The smallest absolute Gasteiger partial charge is 0.258 e. The van der Waals surface area contributed by atoms with Gasteiger partial charge in [0.25, 0.3) is 5.91 Å². The molecule has 1 fully saturated rings. The number of carbonyl (C=O) groups excluding carboxylic acids is 1. The molecule has 2 aromatic rings. The highest BCUT2D eigenvalue weighted by Crippen LogP contribution is 2.24. The summed E-state index contributed by atoms with van der Waals surface area (Å²) < 4.78 is 5.71. The average Bonchev–Trinajstić information content (AvgIpc) is 2.69. The first kappa shape index (κ1) is 20.2. The number of nitrogens with one attached hydrogen (secondary N) is 1. The van der Waals surface area contributed by atoms with Gasteiger partial charge in [0.1, 0.15) is 5.75 Å². The summed E-state index contributed by atoms with van der Waals surface area (Å²) in [6.07, 6.45) is 2.58. The molecule has 0 bridgehead atoms. The minimum Gasteiger partial charge on any atom is -0.483 e. The Morgan fingerprint density at radius 1 is 1.21 bits per heavy atom. The Labute approximate surface area is 168 Å². The van der Waals surface area contributed by atoms with E-state index in [0.717, 1.165) is 41.4 Å². The Morgan fingerprint density at radius 2 is 1.96 bits per heavy atom. The maximum absolute atomic E-state index is 12.3. The van der Waals surface area contributed by atoms with Gasteiger partial charge in [0.2, 0.25) is 0 Å². The van der Waals surface area contributed by atoms with E-state index >= 15 is 0 Å². The van der Waals surface area contributed by atoms with Gasteiger partial charge in [-0.2, -0.15) is 0 Å². The predicted octanol–water partition coefficient (Wildman–Crippen LogP) is 4.80. The molecule has 0 unspecified atom stereocenters. The zero-order chi connectivity index (χ0) is 20.1. The summed E-state index contributed by atoms with van der Waals surface area (Å²) in [5.41, 5.74) is 4.53. The zero-order valence-corrected chi connectivity index (χ0v) is 17.5. The second kappa shape index (κ2) is 9.13. The summed E-state index contributed by atoms with van der Waals surface area (Å²) in [4.78, 5) is 14.8. The lowest BCUT2D eigenvalue weighted by Gasteiger charge is -2.33. The Balaban J connectivity index is 1.53. The fraction of sp³-hybridized carbons (Fsp3) is 0.458. The second-order valence-corrected chi connectivity index (χ2v) is 8.13. The van der Waals surface area contributed by atoms with E-state index in [9.17, 15) is 4.79 Å². The van der Waals surface area contributed by atoms with Crippen LogP contribution in [-0.4, -0.2) is 25.6 Å². The molecule has 0 spiro atoms. The van der Waals surface area contributed by atoms with Crippen molar-refractivity contribution in [2.75, 3.05) is 24.6 Å². The van der Waals surface area contributed by atoms with Crippen LogP contribution in [0.5, 0.6) is 5.75 Å². The zero-order valence-electron chi connectivity index (χ0n) is 17.5. The summed E-state index contributed by atoms with van der Waals surface area (Å²) in [5, 5.41) is 3.03. The number of hydrogen-bond donors (Lipinski definition) is 1. The summed E-state index contributed by atoms with van der Waals surface area (Å²) >= 11 is 0. The Bertz CT molecular complexity index is 801. The van der Waals surface area contributed by atoms with E-state index in [0.29, 0.717) is 0 Å². The molecule has 1 amide bonds. The van der Waals surface area contributed by atoms with Crippen molar-refractivity contribution < 1.29 is 9.53 Å². The van der Waals surface area contributed by atoms with Crippen LogP contribution in [0.25, 0.3) is 0 Å². The molecule has 2 aromatic carbocycles. The molecule has 2 atom stereocenters. The van der Waals surface area contributed by atoms with E-state index < -0.39 is 0 Å². The molecule has 0 aliphatic carbocycles. The van der Waals surface area contributed by atoms with E-state index in [1.807, 2.05) is 39.0 Å². The van der Waals surface area contributed by atoms with Crippen molar-refractivity contribution in [2.24, 2.45) is 5.92 Å². The molecule has 4 nitrogen and oxygen atoms in total. The van der Waals surface area contributed by atoms with Crippen molar-refractivity contribution in [2.45, 2.75) is 46.6 Å². The molecule has 1 N–H and O–H groups in total. The summed E-state index contributed by atoms with van der Waals surface area (Å²) in [6.45, 7) is 10.6. The number of hydrogen-bond acceptors (Lipinski definition) is 3. The third-order valence-corrected chi connectivity index (χ3v) is 5.50. The number of anilines is 1. The summed E-state index contributed by atoms with van der Waals surface area (Å²) in [6, 6.07) is 14.5. The van der Waals surface area contributed by atoms with Gasteiger partial charge in [-0.15, -0.1) is 0 Å². The van der Waals surface area contributed by atoms with Crippen molar-refractivity contribution in [3.05, 3.63) is 59.2 Å². The predicted molar refractivity (Wildman–Crippen MR) is 115 cm³/mol. The topological polar surface area (TPSA) is 41.6 Å². The third-order valence-electron chi connectivity index (χ3n) is 5.50. The van der Waals surface area contributed by atoms with Crippen molar-refractivity contribution in [1.82, 2.24) is 5.32 Å². The number of ether oxygens (including phenoxy) is 1.